The molecule has 0 amide bonds. The summed E-state index contributed by atoms with van der Waals surface area (Å²) in [6, 6.07) is 3.34. The lowest BCUT2D eigenvalue weighted by Gasteiger charge is -2.16. The first kappa shape index (κ1) is 10.4. The van der Waals surface area contributed by atoms with Crippen molar-refractivity contribution >= 4 is 0 Å². The zero-order chi connectivity index (χ0) is 10.8. The van der Waals surface area contributed by atoms with Crippen LogP contribution in [0, 0.1) is 12.7 Å². The van der Waals surface area contributed by atoms with Crippen LogP contribution in [0.5, 0.6) is 5.75 Å². The highest BCUT2D eigenvalue weighted by Crippen LogP contribution is 2.31. The van der Waals surface area contributed by atoms with Crippen LogP contribution in [-0.2, 0) is 0 Å². The van der Waals surface area contributed by atoms with E-state index in [9.17, 15) is 4.39 Å². The minimum Gasteiger partial charge on any atom is -0.496 e. The third-order valence-electron chi connectivity index (χ3n) is 3.02. The number of hydrogen-bond donors (Lipinski definition) is 1. The zero-order valence-electron chi connectivity index (χ0n) is 9.14. The van der Waals surface area contributed by atoms with Gasteiger partial charge >= 0.3 is 0 Å². The number of benzene rings is 1. The Hall–Kier alpha value is -1.09. The summed E-state index contributed by atoms with van der Waals surface area (Å²) in [7, 11) is 1.58. The lowest BCUT2D eigenvalue weighted by Crippen LogP contribution is -2.14. The summed E-state index contributed by atoms with van der Waals surface area (Å²) in [5.74, 6) is 0.417. The molecule has 0 saturated carbocycles. The van der Waals surface area contributed by atoms with Crippen LogP contribution in [0.25, 0.3) is 0 Å². The van der Waals surface area contributed by atoms with Crippen LogP contribution in [0.4, 0.5) is 4.39 Å². The van der Waals surface area contributed by atoms with E-state index in [1.165, 1.54) is 6.07 Å². The predicted octanol–water partition coefficient (Wildman–Crippen LogP) is 2.57. The third-order valence-corrected chi connectivity index (χ3v) is 3.02. The molecule has 3 heteroatoms. The molecule has 1 N–H and O–H groups in total. The van der Waals surface area contributed by atoms with Gasteiger partial charge in [-0.3, -0.25) is 0 Å². The van der Waals surface area contributed by atoms with E-state index in [0.29, 0.717) is 5.75 Å². The Morgan fingerprint density at radius 3 is 2.87 bits per heavy atom. The van der Waals surface area contributed by atoms with Crippen molar-refractivity contribution in [1.29, 1.82) is 0 Å². The van der Waals surface area contributed by atoms with Gasteiger partial charge in [0.05, 0.1) is 7.11 Å². The summed E-state index contributed by atoms with van der Waals surface area (Å²) in [5, 5.41) is 3.37. The minimum absolute atomic E-state index is 0.221. The second kappa shape index (κ2) is 4.19. The zero-order valence-corrected chi connectivity index (χ0v) is 9.14. The van der Waals surface area contributed by atoms with Crippen LogP contribution in [0.3, 0.4) is 0 Å². The highest BCUT2D eigenvalue weighted by atomic mass is 19.1. The summed E-state index contributed by atoms with van der Waals surface area (Å²) in [6.07, 6.45) is 2.23. The molecule has 0 aliphatic carbocycles. The van der Waals surface area contributed by atoms with Gasteiger partial charge in [-0.1, -0.05) is 0 Å². The number of nitrogens with one attached hydrogen (secondary N) is 1. The second-order valence-corrected chi connectivity index (χ2v) is 3.97. The topological polar surface area (TPSA) is 21.3 Å². The molecule has 1 atom stereocenters. The molecule has 0 spiro atoms. The molecule has 15 heavy (non-hydrogen) atoms. The molecule has 1 unspecified atom stereocenters. The number of hydrogen-bond acceptors (Lipinski definition) is 2. The van der Waals surface area contributed by atoms with Gasteiger partial charge in [0.25, 0.3) is 0 Å². The first-order valence-corrected chi connectivity index (χ1v) is 5.30. The van der Waals surface area contributed by atoms with E-state index in [0.717, 1.165) is 30.5 Å². The van der Waals surface area contributed by atoms with E-state index in [2.05, 4.69) is 5.32 Å². The number of methoxy groups -OCH3 is 1. The molecule has 82 valence electrons. The van der Waals surface area contributed by atoms with Crippen molar-refractivity contribution in [3.05, 3.63) is 29.1 Å². The molecular formula is C12H16FNO. The maximum atomic E-state index is 13.3. The summed E-state index contributed by atoms with van der Waals surface area (Å²) in [6.45, 7) is 3.00. The molecule has 1 saturated heterocycles. The van der Waals surface area contributed by atoms with Crippen LogP contribution >= 0.6 is 0 Å². The highest BCUT2D eigenvalue weighted by Gasteiger charge is 2.20. The van der Waals surface area contributed by atoms with Gasteiger partial charge in [0, 0.05) is 12.1 Å². The number of halogens is 1. The van der Waals surface area contributed by atoms with Crippen LogP contribution in [-0.4, -0.2) is 13.7 Å². The quantitative estimate of drug-likeness (QED) is 0.808. The standard InChI is InChI=1S/C12H16FNO/c1-8-10(11-4-3-5-14-11)6-9(13)7-12(8)15-2/h6-7,11,14H,3-5H2,1-2H3. The molecule has 0 bridgehead atoms. The van der Waals surface area contributed by atoms with Crippen LogP contribution in [0.1, 0.15) is 30.0 Å². The molecule has 1 aromatic rings. The lowest BCUT2D eigenvalue weighted by molar-refractivity contribution is 0.406. The van der Waals surface area contributed by atoms with E-state index in [1.54, 1.807) is 13.2 Å². The fourth-order valence-corrected chi connectivity index (χ4v) is 2.20. The average Bonchev–Trinajstić information content (AvgIpc) is 2.74. The normalized spacial score (nSPS) is 20.6. The first-order chi connectivity index (χ1) is 7.22. The molecular weight excluding hydrogens is 193 g/mol. The van der Waals surface area contributed by atoms with Gasteiger partial charge in [0.2, 0.25) is 0 Å². The Morgan fingerprint density at radius 2 is 2.27 bits per heavy atom. The first-order valence-electron chi connectivity index (χ1n) is 5.30. The fraction of sp³-hybridized carbons (Fsp3) is 0.500. The van der Waals surface area contributed by atoms with Crippen molar-refractivity contribution in [3.8, 4) is 5.75 Å². The van der Waals surface area contributed by atoms with Crippen molar-refractivity contribution in [3.63, 3.8) is 0 Å². The molecule has 0 radical (unpaired) electrons. The van der Waals surface area contributed by atoms with Crippen LogP contribution in [0.15, 0.2) is 12.1 Å². The number of rotatable bonds is 2. The van der Waals surface area contributed by atoms with Gasteiger partial charge in [0.1, 0.15) is 11.6 Å². The minimum atomic E-state index is -0.221. The van der Waals surface area contributed by atoms with Crippen molar-refractivity contribution in [2.45, 2.75) is 25.8 Å². The second-order valence-electron chi connectivity index (χ2n) is 3.97. The van der Waals surface area contributed by atoms with Gasteiger partial charge in [-0.05, 0) is 43.5 Å². The van der Waals surface area contributed by atoms with Crippen molar-refractivity contribution < 1.29 is 9.13 Å². The fourth-order valence-electron chi connectivity index (χ4n) is 2.20. The van der Waals surface area contributed by atoms with Crippen LogP contribution < -0.4 is 10.1 Å². The monoisotopic (exact) mass is 209 g/mol. The third kappa shape index (κ3) is 1.97. The van der Waals surface area contributed by atoms with Gasteiger partial charge in [-0.25, -0.2) is 4.39 Å². The predicted molar refractivity (Wildman–Crippen MR) is 57.7 cm³/mol. The Bertz CT molecular complexity index is 359. The molecule has 1 heterocycles. The maximum absolute atomic E-state index is 13.3. The van der Waals surface area contributed by atoms with Gasteiger partial charge < -0.3 is 10.1 Å². The summed E-state index contributed by atoms with van der Waals surface area (Å²) in [4.78, 5) is 0. The molecule has 2 rings (SSSR count). The SMILES string of the molecule is COc1cc(F)cc(C2CCCN2)c1C. The van der Waals surface area contributed by atoms with E-state index in [-0.39, 0.29) is 11.9 Å². The maximum Gasteiger partial charge on any atom is 0.127 e. The highest BCUT2D eigenvalue weighted by molar-refractivity contribution is 5.41. The Kier molecular flexibility index (Phi) is 2.91. The molecule has 2 nitrogen and oxygen atoms in total. The van der Waals surface area contributed by atoms with Gasteiger partial charge in [0.15, 0.2) is 0 Å². The Balaban J connectivity index is 2.40. The summed E-state index contributed by atoms with van der Waals surface area (Å²) < 4.78 is 18.5. The number of ether oxygens (including phenoxy) is 1. The lowest BCUT2D eigenvalue weighted by atomic mass is 9.99. The van der Waals surface area contributed by atoms with E-state index in [1.807, 2.05) is 6.92 Å². The van der Waals surface area contributed by atoms with Crippen molar-refractivity contribution in [2.75, 3.05) is 13.7 Å². The Morgan fingerprint density at radius 1 is 1.47 bits per heavy atom. The average molecular weight is 209 g/mol. The van der Waals surface area contributed by atoms with Crippen LogP contribution in [0.2, 0.25) is 0 Å². The molecule has 0 aromatic heterocycles. The molecule has 1 aromatic carbocycles. The van der Waals surface area contributed by atoms with Gasteiger partial charge in [-0.2, -0.15) is 0 Å². The van der Waals surface area contributed by atoms with E-state index in [4.69, 9.17) is 4.74 Å². The smallest absolute Gasteiger partial charge is 0.127 e. The summed E-state index contributed by atoms with van der Waals surface area (Å²) in [5.41, 5.74) is 2.07. The van der Waals surface area contributed by atoms with Gasteiger partial charge in [-0.15, -0.1) is 0 Å². The van der Waals surface area contributed by atoms with Crippen molar-refractivity contribution in [2.24, 2.45) is 0 Å². The molecule has 1 aliphatic rings. The largest absolute Gasteiger partial charge is 0.496 e. The summed E-state index contributed by atoms with van der Waals surface area (Å²) >= 11 is 0. The van der Waals surface area contributed by atoms with E-state index < -0.39 is 0 Å². The Labute approximate surface area is 89.4 Å². The van der Waals surface area contributed by atoms with Crippen molar-refractivity contribution in [1.82, 2.24) is 5.32 Å². The molecule has 1 aliphatic heterocycles. The molecule has 1 fully saturated rings. The van der Waals surface area contributed by atoms with E-state index >= 15 is 0 Å².